The van der Waals surface area contributed by atoms with Crippen LogP contribution in [0.4, 0.5) is 17.3 Å². The minimum atomic E-state index is -0.596. The minimum absolute atomic E-state index is 0.101. The van der Waals surface area contributed by atoms with Crippen LogP contribution in [0.25, 0.3) is 0 Å². The third-order valence-electron chi connectivity index (χ3n) is 3.00. The number of rotatable bonds is 3. The molecule has 104 valence electrons. The van der Waals surface area contributed by atoms with Gasteiger partial charge in [0.05, 0.1) is 30.3 Å². The van der Waals surface area contributed by atoms with Crippen molar-refractivity contribution < 1.29 is 14.8 Å². The van der Waals surface area contributed by atoms with E-state index in [-0.39, 0.29) is 30.0 Å². The van der Waals surface area contributed by atoms with Crippen molar-refractivity contribution in [2.75, 3.05) is 30.4 Å². The van der Waals surface area contributed by atoms with E-state index in [1.807, 2.05) is 6.92 Å². The van der Waals surface area contributed by atoms with Crippen LogP contribution in [0, 0.1) is 10.1 Å². The Hall–Kier alpha value is -2.00. The average molecular weight is 269 g/mol. The summed E-state index contributed by atoms with van der Waals surface area (Å²) in [5.74, 6) is -0.0130. The van der Waals surface area contributed by atoms with Crippen LogP contribution in [-0.2, 0) is 4.74 Å². The summed E-state index contributed by atoms with van der Waals surface area (Å²) < 4.78 is 5.39. The number of hydrogen-bond acceptors (Lipinski definition) is 8. The van der Waals surface area contributed by atoms with E-state index in [9.17, 15) is 10.1 Å². The van der Waals surface area contributed by atoms with E-state index in [2.05, 4.69) is 9.97 Å². The number of aliphatic hydroxyl groups excluding tert-OH is 1. The number of anilines is 2. The number of hydrogen-bond donors (Lipinski definition) is 2. The van der Waals surface area contributed by atoms with Crippen molar-refractivity contribution in [3.63, 3.8) is 0 Å². The lowest BCUT2D eigenvalue weighted by molar-refractivity contribution is -0.383. The second-order valence-corrected chi connectivity index (χ2v) is 4.33. The van der Waals surface area contributed by atoms with E-state index in [0.29, 0.717) is 13.2 Å². The predicted molar refractivity (Wildman–Crippen MR) is 66.7 cm³/mol. The molecule has 1 aliphatic rings. The average Bonchev–Trinajstić information content (AvgIpc) is 2.38. The first-order valence-corrected chi connectivity index (χ1v) is 5.78. The van der Waals surface area contributed by atoms with Gasteiger partial charge in [0.1, 0.15) is 6.33 Å². The zero-order valence-corrected chi connectivity index (χ0v) is 10.4. The molecular formula is C10H15N5O4. The normalized spacial score (nSPS) is 23.4. The molecule has 2 heterocycles. The molecule has 1 aromatic rings. The van der Waals surface area contributed by atoms with Gasteiger partial charge in [0.25, 0.3) is 0 Å². The van der Waals surface area contributed by atoms with Crippen LogP contribution in [0.2, 0.25) is 0 Å². The van der Waals surface area contributed by atoms with Gasteiger partial charge in [-0.15, -0.1) is 0 Å². The maximum Gasteiger partial charge on any atom is 0.353 e. The lowest BCUT2D eigenvalue weighted by atomic mass is 10.2. The summed E-state index contributed by atoms with van der Waals surface area (Å²) in [5.41, 5.74) is 5.23. The number of nitrogens with two attached hydrogens (primary N) is 1. The Kier molecular flexibility index (Phi) is 3.76. The first-order chi connectivity index (χ1) is 9.04. The zero-order chi connectivity index (χ0) is 14.0. The molecule has 0 spiro atoms. The van der Waals surface area contributed by atoms with Crippen LogP contribution >= 0.6 is 0 Å². The maximum absolute atomic E-state index is 11.1. The highest BCUT2D eigenvalue weighted by Crippen LogP contribution is 2.32. The Balaban J connectivity index is 2.39. The molecule has 9 heteroatoms. The quantitative estimate of drug-likeness (QED) is 0.558. The van der Waals surface area contributed by atoms with E-state index < -0.39 is 11.0 Å². The highest BCUT2D eigenvalue weighted by molar-refractivity contribution is 5.68. The minimum Gasteiger partial charge on any atom is -0.394 e. The Morgan fingerprint density at radius 2 is 2.42 bits per heavy atom. The molecule has 1 saturated heterocycles. The van der Waals surface area contributed by atoms with E-state index in [1.54, 1.807) is 4.90 Å². The van der Waals surface area contributed by atoms with Gasteiger partial charge in [0.15, 0.2) is 0 Å². The van der Waals surface area contributed by atoms with Crippen molar-refractivity contribution in [1.82, 2.24) is 9.97 Å². The highest BCUT2D eigenvalue weighted by Gasteiger charge is 2.33. The van der Waals surface area contributed by atoms with Gasteiger partial charge in [-0.3, -0.25) is 10.1 Å². The lowest BCUT2D eigenvalue weighted by Crippen LogP contribution is -2.50. The molecule has 2 rings (SSSR count). The summed E-state index contributed by atoms with van der Waals surface area (Å²) in [6, 6.07) is -0.101. The van der Waals surface area contributed by atoms with Crippen molar-refractivity contribution in [1.29, 1.82) is 0 Å². The number of ether oxygens (including phenoxy) is 1. The van der Waals surface area contributed by atoms with E-state index in [1.165, 1.54) is 6.33 Å². The van der Waals surface area contributed by atoms with Gasteiger partial charge in [-0.25, -0.2) is 9.97 Å². The molecule has 1 aromatic heterocycles. The summed E-state index contributed by atoms with van der Waals surface area (Å²) in [6.45, 7) is 2.37. The Morgan fingerprint density at radius 1 is 1.68 bits per heavy atom. The third kappa shape index (κ3) is 2.56. The molecule has 2 unspecified atom stereocenters. The fraction of sp³-hybridized carbons (Fsp3) is 0.600. The van der Waals surface area contributed by atoms with Crippen molar-refractivity contribution in [3.8, 4) is 0 Å². The van der Waals surface area contributed by atoms with Crippen molar-refractivity contribution in [2.24, 2.45) is 0 Å². The summed E-state index contributed by atoms with van der Waals surface area (Å²) in [4.78, 5) is 19.8. The van der Waals surface area contributed by atoms with Gasteiger partial charge in [-0.05, 0) is 6.92 Å². The fourth-order valence-electron chi connectivity index (χ4n) is 1.99. The predicted octanol–water partition coefficient (Wildman–Crippen LogP) is -0.447. The van der Waals surface area contributed by atoms with Gasteiger partial charge >= 0.3 is 5.69 Å². The summed E-state index contributed by atoms with van der Waals surface area (Å²) >= 11 is 0. The molecule has 1 aliphatic heterocycles. The van der Waals surface area contributed by atoms with Gasteiger partial charge in [-0.1, -0.05) is 0 Å². The van der Waals surface area contributed by atoms with Gasteiger partial charge in [0, 0.05) is 6.54 Å². The lowest BCUT2D eigenvalue weighted by Gasteiger charge is -2.37. The van der Waals surface area contributed by atoms with Crippen molar-refractivity contribution in [2.45, 2.75) is 19.1 Å². The Morgan fingerprint density at radius 3 is 3.05 bits per heavy atom. The van der Waals surface area contributed by atoms with Crippen LogP contribution in [0.1, 0.15) is 6.92 Å². The molecule has 0 aromatic carbocycles. The number of nitrogens with zero attached hydrogens (tertiary/aromatic N) is 4. The topological polar surface area (TPSA) is 128 Å². The van der Waals surface area contributed by atoms with Crippen LogP contribution in [0.3, 0.4) is 0 Å². The first kappa shape index (κ1) is 13.4. The molecule has 0 saturated carbocycles. The third-order valence-corrected chi connectivity index (χ3v) is 3.00. The molecule has 2 atom stereocenters. The van der Waals surface area contributed by atoms with Crippen LogP contribution in [0.15, 0.2) is 6.33 Å². The number of nitrogen functional groups attached to an aromatic ring is 1. The molecule has 1 fully saturated rings. The van der Waals surface area contributed by atoms with Gasteiger partial charge in [0.2, 0.25) is 11.6 Å². The molecule has 0 bridgehead atoms. The summed E-state index contributed by atoms with van der Waals surface area (Å²) in [7, 11) is 0. The van der Waals surface area contributed by atoms with Crippen molar-refractivity contribution >= 4 is 17.3 Å². The second kappa shape index (κ2) is 5.33. The smallest absolute Gasteiger partial charge is 0.353 e. The number of morpholine rings is 1. The monoisotopic (exact) mass is 269 g/mol. The SMILES string of the molecule is CC1COC(CO)CN1c1ncnc(N)c1[N+](=O)[O-]. The van der Waals surface area contributed by atoms with E-state index >= 15 is 0 Å². The molecule has 3 N–H and O–H groups in total. The van der Waals surface area contributed by atoms with Gasteiger partial charge < -0.3 is 20.5 Å². The fourth-order valence-corrected chi connectivity index (χ4v) is 1.99. The molecule has 9 nitrogen and oxygen atoms in total. The van der Waals surface area contributed by atoms with Gasteiger partial charge in [-0.2, -0.15) is 0 Å². The van der Waals surface area contributed by atoms with Crippen LogP contribution in [0.5, 0.6) is 0 Å². The number of nitro groups is 1. The summed E-state index contributed by atoms with van der Waals surface area (Å²) in [5, 5.41) is 20.2. The molecule has 19 heavy (non-hydrogen) atoms. The van der Waals surface area contributed by atoms with E-state index in [4.69, 9.17) is 15.6 Å². The Labute approximate surface area is 109 Å². The molecule has 0 radical (unpaired) electrons. The molecular weight excluding hydrogens is 254 g/mol. The maximum atomic E-state index is 11.1. The van der Waals surface area contributed by atoms with Crippen molar-refractivity contribution in [3.05, 3.63) is 16.4 Å². The Bertz CT molecular complexity index is 483. The standard InChI is InChI=1S/C10H15N5O4/c1-6-4-19-7(3-16)2-14(6)10-8(15(17)18)9(11)12-5-13-10/h5-7,16H,2-4H2,1H3,(H2,11,12,13). The highest BCUT2D eigenvalue weighted by atomic mass is 16.6. The zero-order valence-electron chi connectivity index (χ0n) is 10.4. The van der Waals surface area contributed by atoms with E-state index in [0.717, 1.165) is 0 Å². The van der Waals surface area contributed by atoms with Crippen LogP contribution < -0.4 is 10.6 Å². The largest absolute Gasteiger partial charge is 0.394 e. The number of aliphatic hydroxyl groups is 1. The van der Waals surface area contributed by atoms with Crippen LogP contribution in [-0.4, -0.2) is 51.9 Å². The molecule has 0 amide bonds. The molecule has 0 aliphatic carbocycles. The number of aromatic nitrogens is 2. The first-order valence-electron chi connectivity index (χ1n) is 5.78. The second-order valence-electron chi connectivity index (χ2n) is 4.33. The summed E-state index contributed by atoms with van der Waals surface area (Å²) in [6.07, 6.45) is 0.792.